The molecule has 5 N–H and O–H groups in total. The Morgan fingerprint density at radius 2 is 0.905 bits per heavy atom. The summed E-state index contributed by atoms with van der Waals surface area (Å²) >= 11 is 5.60. The van der Waals surface area contributed by atoms with Gasteiger partial charge in [-0.3, -0.25) is 19.4 Å². The summed E-state index contributed by atoms with van der Waals surface area (Å²) in [4.78, 5) is 49.2. The molecule has 4 aromatic carbocycles. The third-order valence-corrected chi connectivity index (χ3v) is 11.1. The Morgan fingerprint density at radius 1 is 0.512 bits per heavy atom. The van der Waals surface area contributed by atoms with E-state index in [1.165, 1.54) is 31.1 Å². The number of aryl methyl sites for hydroxylation is 3. The average molecular weight is 1170 g/mol. The molecular formula is C58H62ClF3N16O6. The van der Waals surface area contributed by atoms with E-state index in [1.54, 1.807) is 139 Å². The highest BCUT2D eigenvalue weighted by Crippen LogP contribution is 2.36. The fourth-order valence-corrected chi connectivity index (χ4v) is 7.46. The predicted molar refractivity (Wildman–Crippen MR) is 316 cm³/mol. The van der Waals surface area contributed by atoms with Crippen molar-refractivity contribution in [2.75, 3.05) is 21.7 Å². The van der Waals surface area contributed by atoms with Gasteiger partial charge >= 0.3 is 18.3 Å². The molecule has 26 heteroatoms. The van der Waals surface area contributed by atoms with Crippen LogP contribution in [0.5, 0.6) is 34.9 Å². The monoisotopic (exact) mass is 1170 g/mol. The van der Waals surface area contributed by atoms with Crippen LogP contribution >= 0.6 is 11.6 Å². The number of aromatic nitrogens is 12. The maximum absolute atomic E-state index is 13.0. The normalized spacial score (nSPS) is 10.6. The van der Waals surface area contributed by atoms with Crippen LogP contribution in [0.4, 0.5) is 45.5 Å². The largest absolute Gasteiger partial charge is 0.444 e. The van der Waals surface area contributed by atoms with Crippen molar-refractivity contribution in [2.45, 2.75) is 54.8 Å². The Balaban J connectivity index is 0.000000234. The van der Waals surface area contributed by atoms with E-state index in [-0.39, 0.29) is 33.8 Å². The van der Waals surface area contributed by atoms with Crippen LogP contribution in [-0.4, -0.2) is 77.0 Å². The number of hydrogen-bond acceptors (Lipinski definition) is 16. The number of amides is 3. The van der Waals surface area contributed by atoms with E-state index < -0.39 is 34.5 Å². The summed E-state index contributed by atoms with van der Waals surface area (Å²) in [7, 11) is 5.48. The Bertz CT molecular complexity index is 3790. The van der Waals surface area contributed by atoms with Gasteiger partial charge in [0, 0.05) is 98.9 Å². The lowest BCUT2D eigenvalue weighted by Crippen LogP contribution is -2.27. The maximum atomic E-state index is 13.0. The van der Waals surface area contributed by atoms with Crippen molar-refractivity contribution in [3.05, 3.63) is 176 Å². The zero-order valence-electron chi connectivity index (χ0n) is 44.0. The van der Waals surface area contributed by atoms with Gasteiger partial charge in [0.15, 0.2) is 0 Å². The average Bonchev–Trinajstić information content (AvgIpc) is 4.29. The summed E-state index contributed by atoms with van der Waals surface area (Å²) in [5.74, 6) is 2.65. The first-order valence-electron chi connectivity index (χ1n) is 24.2. The van der Waals surface area contributed by atoms with E-state index in [0.29, 0.717) is 57.5 Å². The van der Waals surface area contributed by atoms with Gasteiger partial charge in [-0.25, -0.2) is 39.5 Å². The van der Waals surface area contributed by atoms with Crippen LogP contribution in [0.3, 0.4) is 0 Å². The van der Waals surface area contributed by atoms with Gasteiger partial charge in [-0.1, -0.05) is 52.1 Å². The molecule has 6 heterocycles. The second-order valence-corrected chi connectivity index (χ2v) is 18.5. The smallest absolute Gasteiger partial charge is 0.417 e. The van der Waals surface area contributed by atoms with Crippen LogP contribution in [0, 0.1) is 0 Å². The SMILES string of the molecule is C.C.C.Cn1nccc1-c1cc(Oc2cccc(N)c2)ncn1.Cn1nccc1-c1cc(Oc2cccc(NC(=O)Nc3ccc(Cl)c(C(F)(F)F)c3)c2)ncn1.Cn1nccc1-c1cc(Oc2cccc(NC(=O)OC(C)(C)C)c2)ncn1. The van der Waals surface area contributed by atoms with Crippen LogP contribution in [0.2, 0.25) is 5.02 Å². The second kappa shape index (κ2) is 28.8. The second-order valence-electron chi connectivity index (χ2n) is 18.1. The molecule has 0 saturated carbocycles. The molecule has 0 spiro atoms. The maximum Gasteiger partial charge on any atom is 0.417 e. The Morgan fingerprint density at radius 3 is 1.29 bits per heavy atom. The Hall–Kier alpha value is -10.4. The van der Waals surface area contributed by atoms with Gasteiger partial charge in [-0.05, 0) is 93.6 Å². The molecule has 0 aliphatic heterocycles. The molecule has 0 saturated heterocycles. The topological polar surface area (TPSA) is 264 Å². The molecule has 0 aliphatic rings. The predicted octanol–water partition coefficient (Wildman–Crippen LogP) is 14.2. The minimum Gasteiger partial charge on any atom is -0.444 e. The number of carbonyl (C=O) groups excluding carboxylic acids is 2. The van der Waals surface area contributed by atoms with Crippen molar-refractivity contribution in [1.82, 2.24) is 59.2 Å². The quantitative estimate of drug-likeness (QED) is 0.0829. The van der Waals surface area contributed by atoms with E-state index in [9.17, 15) is 22.8 Å². The molecule has 0 unspecified atom stereocenters. The molecule has 6 aromatic heterocycles. The molecule has 438 valence electrons. The van der Waals surface area contributed by atoms with Gasteiger partial charge in [0.2, 0.25) is 17.6 Å². The fourth-order valence-electron chi connectivity index (χ4n) is 7.23. The number of anilines is 4. The minimum absolute atomic E-state index is 0. The highest BCUT2D eigenvalue weighted by molar-refractivity contribution is 6.31. The number of urea groups is 1. The third-order valence-electron chi connectivity index (χ3n) is 10.8. The summed E-state index contributed by atoms with van der Waals surface area (Å²) in [5.41, 5.74) is 10.2. The molecule has 3 amide bonds. The summed E-state index contributed by atoms with van der Waals surface area (Å²) < 4.78 is 66.7. The number of rotatable bonds is 12. The van der Waals surface area contributed by atoms with Crippen molar-refractivity contribution in [2.24, 2.45) is 21.1 Å². The first-order chi connectivity index (χ1) is 38.7. The Kier molecular flexibility index (Phi) is 22.1. The van der Waals surface area contributed by atoms with E-state index in [2.05, 4.69) is 61.2 Å². The molecular weight excluding hydrogens is 1110 g/mol. The molecule has 84 heavy (non-hydrogen) atoms. The van der Waals surface area contributed by atoms with Gasteiger partial charge in [0.25, 0.3) is 0 Å². The fraction of sp³-hybridized carbons (Fsp3) is 0.190. The third kappa shape index (κ3) is 18.3. The number of nitrogen functional groups attached to an aromatic ring is 1. The van der Waals surface area contributed by atoms with Crippen molar-refractivity contribution in [3.8, 4) is 69.1 Å². The molecule has 0 aliphatic carbocycles. The van der Waals surface area contributed by atoms with Crippen molar-refractivity contribution < 1.29 is 41.7 Å². The lowest BCUT2D eigenvalue weighted by molar-refractivity contribution is -0.137. The van der Waals surface area contributed by atoms with Crippen molar-refractivity contribution in [1.29, 1.82) is 0 Å². The number of ether oxygens (including phenoxy) is 4. The molecule has 10 aromatic rings. The molecule has 10 rings (SSSR count). The lowest BCUT2D eigenvalue weighted by atomic mass is 10.2. The van der Waals surface area contributed by atoms with Gasteiger partial charge in [0.1, 0.15) is 41.8 Å². The number of hydrogen-bond donors (Lipinski definition) is 4. The zero-order valence-corrected chi connectivity index (χ0v) is 44.7. The highest BCUT2D eigenvalue weighted by atomic mass is 35.5. The van der Waals surface area contributed by atoms with Crippen LogP contribution in [0.1, 0.15) is 48.6 Å². The number of nitrogens with two attached hydrogens (primary N) is 1. The van der Waals surface area contributed by atoms with E-state index in [0.717, 1.165) is 34.9 Å². The number of nitrogens with one attached hydrogen (secondary N) is 3. The Labute approximate surface area is 487 Å². The molecule has 0 bridgehead atoms. The van der Waals surface area contributed by atoms with Crippen molar-refractivity contribution in [3.63, 3.8) is 0 Å². The van der Waals surface area contributed by atoms with Crippen LogP contribution in [0.15, 0.2) is 165 Å². The van der Waals surface area contributed by atoms with E-state index in [4.69, 9.17) is 36.3 Å². The number of alkyl halides is 3. The van der Waals surface area contributed by atoms with Gasteiger partial charge in [-0.15, -0.1) is 0 Å². The molecule has 22 nitrogen and oxygen atoms in total. The van der Waals surface area contributed by atoms with Crippen LogP contribution < -0.4 is 35.9 Å². The van der Waals surface area contributed by atoms with Gasteiger partial charge in [0.05, 0.1) is 44.7 Å². The summed E-state index contributed by atoms with van der Waals surface area (Å²) in [6.07, 6.45) is 4.14. The standard InChI is InChI=1S/C22H16ClF3N6O2.C19H21N5O3.C14H13N5O.3CH4/c1-32-19(7-8-29-32)18-11-20(28-12-27-18)34-15-4-2-3-13(9-15)30-21(33)31-14-5-6-17(23)16(10-14)22(24,25)26;1-19(2,3)27-18(25)23-13-6-5-7-14(10-13)26-17-11-15(20-12-21-17)16-8-9-22-24(16)4;1-19-13(5-6-18-19)12-8-14(17-9-16-12)20-11-4-2-3-10(15)7-11;;;/h2-12H,1H3,(H2,30,31,33);5-12H,1-4H3,(H,23,25);2-9H,15H2,1H3;3*1H4. The summed E-state index contributed by atoms with van der Waals surface area (Å²) in [6, 6.07) is 33.6. The van der Waals surface area contributed by atoms with E-state index >= 15 is 0 Å². The van der Waals surface area contributed by atoms with Crippen molar-refractivity contribution >= 4 is 46.5 Å². The highest BCUT2D eigenvalue weighted by Gasteiger charge is 2.33. The van der Waals surface area contributed by atoms with E-state index in [1.807, 2.05) is 38.4 Å². The number of nitrogens with zero attached hydrogens (tertiary/aromatic N) is 12. The first-order valence-corrected chi connectivity index (χ1v) is 24.5. The lowest BCUT2D eigenvalue weighted by Gasteiger charge is -2.19. The van der Waals surface area contributed by atoms with Crippen LogP contribution in [-0.2, 0) is 32.1 Å². The molecule has 0 radical (unpaired) electrons. The van der Waals surface area contributed by atoms with Gasteiger partial charge in [-0.2, -0.15) is 28.5 Å². The number of halogens is 4. The first kappa shape index (κ1) is 64.4. The number of benzene rings is 4. The molecule has 0 atom stereocenters. The van der Waals surface area contributed by atoms with Crippen LogP contribution in [0.25, 0.3) is 34.2 Å². The summed E-state index contributed by atoms with van der Waals surface area (Å²) in [6.45, 7) is 5.42. The summed E-state index contributed by atoms with van der Waals surface area (Å²) in [5, 5.41) is 19.5. The molecule has 0 fully saturated rings. The zero-order chi connectivity index (χ0) is 57.7. The van der Waals surface area contributed by atoms with Gasteiger partial charge < -0.3 is 35.3 Å². The number of carbonyl (C=O) groups is 2. The minimum atomic E-state index is -4.64.